The van der Waals surface area contributed by atoms with Crippen LogP contribution < -0.4 is 4.74 Å². The van der Waals surface area contributed by atoms with Gasteiger partial charge in [0.2, 0.25) is 0 Å². The van der Waals surface area contributed by atoms with E-state index in [-0.39, 0.29) is 0 Å². The lowest BCUT2D eigenvalue weighted by molar-refractivity contribution is 0.308. The van der Waals surface area contributed by atoms with Crippen LogP contribution in [0.15, 0.2) is 24.3 Å². The Kier molecular flexibility index (Phi) is 2.93. The second kappa shape index (κ2) is 4.40. The summed E-state index contributed by atoms with van der Waals surface area (Å²) < 4.78 is 5.74. The molecule has 3 atom stereocenters. The molecule has 2 aliphatic rings. The smallest absolute Gasteiger partial charge is 0.122 e. The number of benzene rings is 1. The van der Waals surface area contributed by atoms with Crippen molar-refractivity contribution >= 4 is 15.9 Å². The first kappa shape index (κ1) is 10.6. The second-order valence-corrected chi connectivity index (χ2v) is 6.16. The second-order valence-electron chi connectivity index (χ2n) is 4.99. The fourth-order valence-electron chi connectivity index (χ4n) is 3.05. The molecule has 0 spiro atoms. The molecule has 0 aromatic heterocycles. The van der Waals surface area contributed by atoms with E-state index >= 15 is 0 Å². The minimum atomic E-state index is 0.624. The Labute approximate surface area is 105 Å². The van der Waals surface area contributed by atoms with Crippen molar-refractivity contribution in [2.24, 2.45) is 5.92 Å². The van der Waals surface area contributed by atoms with Gasteiger partial charge in [0.1, 0.15) is 5.75 Å². The van der Waals surface area contributed by atoms with Crippen LogP contribution >= 0.6 is 15.9 Å². The molecule has 86 valence electrons. The number of alkyl halides is 1. The van der Waals surface area contributed by atoms with E-state index in [1.54, 1.807) is 0 Å². The third-order valence-electron chi connectivity index (χ3n) is 3.95. The number of fused-ring (bicyclic) bond motifs is 1. The molecule has 1 nitrogen and oxygen atoms in total. The predicted molar refractivity (Wildman–Crippen MR) is 69.4 cm³/mol. The van der Waals surface area contributed by atoms with Gasteiger partial charge in [0.05, 0.1) is 6.61 Å². The van der Waals surface area contributed by atoms with E-state index in [1.165, 1.54) is 31.2 Å². The van der Waals surface area contributed by atoms with E-state index in [9.17, 15) is 0 Å². The molecule has 3 unspecified atom stereocenters. The Bertz CT molecular complexity index is 377. The van der Waals surface area contributed by atoms with Gasteiger partial charge in [-0.15, -0.1) is 0 Å². The van der Waals surface area contributed by atoms with Crippen LogP contribution in [0.2, 0.25) is 0 Å². The molecule has 1 heterocycles. The van der Waals surface area contributed by atoms with Crippen LogP contribution in [0.5, 0.6) is 5.75 Å². The summed E-state index contributed by atoms with van der Waals surface area (Å²) in [5, 5.41) is 0. The monoisotopic (exact) mass is 280 g/mol. The van der Waals surface area contributed by atoms with Gasteiger partial charge >= 0.3 is 0 Å². The first-order valence-corrected chi connectivity index (χ1v) is 7.12. The Balaban J connectivity index is 1.73. The lowest BCUT2D eigenvalue weighted by Crippen LogP contribution is -2.12. The van der Waals surface area contributed by atoms with Crippen LogP contribution in [-0.4, -0.2) is 11.4 Å². The number of halogens is 1. The zero-order chi connectivity index (χ0) is 11.0. The third kappa shape index (κ3) is 1.88. The summed E-state index contributed by atoms with van der Waals surface area (Å²) in [6, 6.07) is 8.51. The quantitative estimate of drug-likeness (QED) is 0.741. The summed E-state index contributed by atoms with van der Waals surface area (Å²) in [5.74, 6) is 2.58. The minimum absolute atomic E-state index is 0.624. The molecular formula is C14H17BrO. The summed E-state index contributed by atoms with van der Waals surface area (Å²) in [4.78, 5) is 0.736. The summed E-state index contributed by atoms with van der Waals surface area (Å²) >= 11 is 3.81. The Morgan fingerprint density at radius 2 is 2.12 bits per heavy atom. The van der Waals surface area contributed by atoms with Gasteiger partial charge in [0, 0.05) is 16.3 Å². The van der Waals surface area contributed by atoms with Gasteiger partial charge in [-0.05, 0) is 31.2 Å². The first-order valence-electron chi connectivity index (χ1n) is 6.20. The third-order valence-corrected chi connectivity index (χ3v) is 5.16. The molecule has 1 aromatic rings. The van der Waals surface area contributed by atoms with Crippen LogP contribution in [0.4, 0.5) is 0 Å². The van der Waals surface area contributed by atoms with E-state index in [0.717, 1.165) is 23.1 Å². The number of hydrogen-bond acceptors (Lipinski definition) is 1. The molecule has 1 aromatic carbocycles. The predicted octanol–water partition coefficient (Wildman–Crippen LogP) is 4.12. The zero-order valence-electron chi connectivity index (χ0n) is 9.36. The van der Waals surface area contributed by atoms with Crippen LogP contribution in [0, 0.1) is 5.92 Å². The van der Waals surface area contributed by atoms with E-state index in [0.29, 0.717) is 5.92 Å². The van der Waals surface area contributed by atoms with Gasteiger partial charge in [-0.1, -0.05) is 40.5 Å². The standard InChI is InChI=1S/C14H17BrO/c15-13-6-3-4-10(13)8-11-9-16-14-7-2-1-5-12(11)14/h1-2,5,7,10-11,13H,3-4,6,8-9H2. The molecule has 0 radical (unpaired) electrons. The van der Waals surface area contributed by atoms with E-state index in [1.807, 2.05) is 0 Å². The van der Waals surface area contributed by atoms with E-state index in [4.69, 9.17) is 4.74 Å². The highest BCUT2D eigenvalue weighted by molar-refractivity contribution is 9.09. The molecule has 1 aliphatic carbocycles. The van der Waals surface area contributed by atoms with Crippen molar-refractivity contribution in [3.8, 4) is 5.75 Å². The van der Waals surface area contributed by atoms with Gasteiger partial charge in [-0.2, -0.15) is 0 Å². The topological polar surface area (TPSA) is 9.23 Å². The summed E-state index contributed by atoms with van der Waals surface area (Å²) in [6.07, 6.45) is 5.40. The average molecular weight is 281 g/mol. The largest absolute Gasteiger partial charge is 0.493 e. The number of rotatable bonds is 2. The number of ether oxygens (including phenoxy) is 1. The van der Waals surface area contributed by atoms with Crippen LogP contribution in [-0.2, 0) is 0 Å². The van der Waals surface area contributed by atoms with Gasteiger partial charge in [-0.25, -0.2) is 0 Å². The van der Waals surface area contributed by atoms with E-state index < -0.39 is 0 Å². The highest BCUT2D eigenvalue weighted by Crippen LogP contribution is 2.42. The zero-order valence-corrected chi connectivity index (χ0v) is 10.9. The molecule has 0 saturated heterocycles. The van der Waals surface area contributed by atoms with Crippen molar-refractivity contribution < 1.29 is 4.74 Å². The Hall–Kier alpha value is -0.500. The molecular weight excluding hydrogens is 264 g/mol. The molecule has 1 fully saturated rings. The van der Waals surface area contributed by atoms with Crippen molar-refractivity contribution in [3.05, 3.63) is 29.8 Å². The normalized spacial score (nSPS) is 32.4. The van der Waals surface area contributed by atoms with Crippen molar-refractivity contribution in [1.82, 2.24) is 0 Å². The minimum Gasteiger partial charge on any atom is -0.493 e. The van der Waals surface area contributed by atoms with E-state index in [2.05, 4.69) is 40.2 Å². The maximum absolute atomic E-state index is 5.74. The number of para-hydroxylation sites is 1. The van der Waals surface area contributed by atoms with Gasteiger partial charge in [-0.3, -0.25) is 0 Å². The van der Waals surface area contributed by atoms with Gasteiger partial charge in [0.25, 0.3) is 0 Å². The molecule has 1 aliphatic heterocycles. The SMILES string of the molecule is BrC1CCCC1CC1COc2ccccc21. The van der Waals surface area contributed by atoms with Gasteiger partial charge in [0.15, 0.2) is 0 Å². The van der Waals surface area contributed by atoms with Crippen LogP contribution in [0.1, 0.15) is 37.2 Å². The molecule has 16 heavy (non-hydrogen) atoms. The molecule has 2 heteroatoms. The fraction of sp³-hybridized carbons (Fsp3) is 0.571. The number of hydrogen-bond donors (Lipinski definition) is 0. The van der Waals surface area contributed by atoms with Crippen molar-refractivity contribution in [2.45, 2.75) is 36.4 Å². The average Bonchev–Trinajstić information content (AvgIpc) is 2.88. The summed E-state index contributed by atoms with van der Waals surface area (Å²) in [7, 11) is 0. The molecule has 1 saturated carbocycles. The fourth-order valence-corrected chi connectivity index (χ4v) is 3.85. The lowest BCUT2D eigenvalue weighted by atomic mass is 9.89. The maximum Gasteiger partial charge on any atom is 0.122 e. The summed E-state index contributed by atoms with van der Waals surface area (Å²) in [5.41, 5.74) is 1.43. The van der Waals surface area contributed by atoms with Crippen LogP contribution in [0.25, 0.3) is 0 Å². The lowest BCUT2D eigenvalue weighted by Gasteiger charge is -2.17. The van der Waals surface area contributed by atoms with Crippen LogP contribution in [0.3, 0.4) is 0 Å². The van der Waals surface area contributed by atoms with Crippen molar-refractivity contribution in [1.29, 1.82) is 0 Å². The Morgan fingerprint density at radius 3 is 2.94 bits per heavy atom. The molecule has 3 rings (SSSR count). The molecule has 0 N–H and O–H groups in total. The first-order chi connectivity index (χ1) is 7.84. The summed E-state index contributed by atoms with van der Waals surface area (Å²) in [6.45, 7) is 0.884. The maximum atomic E-state index is 5.74. The molecule has 0 amide bonds. The van der Waals surface area contributed by atoms with Crippen molar-refractivity contribution in [2.75, 3.05) is 6.61 Å². The molecule has 0 bridgehead atoms. The highest BCUT2D eigenvalue weighted by Gasteiger charge is 2.31. The highest BCUT2D eigenvalue weighted by atomic mass is 79.9. The van der Waals surface area contributed by atoms with Gasteiger partial charge < -0.3 is 4.74 Å². The van der Waals surface area contributed by atoms with Crippen molar-refractivity contribution in [3.63, 3.8) is 0 Å². The Morgan fingerprint density at radius 1 is 1.25 bits per heavy atom.